The average Bonchev–Trinajstić information content (AvgIpc) is 3.09. The van der Waals surface area contributed by atoms with E-state index in [1.54, 1.807) is 4.90 Å². The van der Waals surface area contributed by atoms with Gasteiger partial charge in [-0.05, 0) is 58.3 Å². The van der Waals surface area contributed by atoms with Gasteiger partial charge in [-0.25, -0.2) is 4.79 Å². The minimum Gasteiger partial charge on any atom is -0.490 e. The highest BCUT2D eigenvalue weighted by Crippen LogP contribution is 2.26. The maximum atomic E-state index is 12.6. The Labute approximate surface area is 156 Å². The van der Waals surface area contributed by atoms with Gasteiger partial charge in [0.05, 0.1) is 12.2 Å². The lowest BCUT2D eigenvalue weighted by Crippen LogP contribution is -2.50. The van der Waals surface area contributed by atoms with Crippen LogP contribution in [-0.4, -0.2) is 66.9 Å². The van der Waals surface area contributed by atoms with Gasteiger partial charge in [-0.2, -0.15) is 0 Å². The molecule has 1 saturated heterocycles. The number of β-amino-alcohol motifs (C(OH)–C–C–N with tert-alkyl or cyclic N) is 1. The van der Waals surface area contributed by atoms with Crippen LogP contribution in [0.25, 0.3) is 0 Å². The number of benzene rings is 1. The number of rotatable bonds is 5. The van der Waals surface area contributed by atoms with Crippen molar-refractivity contribution < 1.29 is 14.6 Å². The normalized spacial score (nSPS) is 24.1. The predicted molar refractivity (Wildman–Crippen MR) is 103 cm³/mol. The van der Waals surface area contributed by atoms with E-state index in [0.29, 0.717) is 19.2 Å². The van der Waals surface area contributed by atoms with Crippen LogP contribution in [0, 0.1) is 5.92 Å². The molecule has 144 valence electrons. The van der Waals surface area contributed by atoms with Gasteiger partial charge < -0.3 is 25.0 Å². The van der Waals surface area contributed by atoms with Crippen LogP contribution < -0.4 is 10.1 Å². The Morgan fingerprint density at radius 3 is 2.77 bits per heavy atom. The molecule has 1 heterocycles. The molecule has 1 aliphatic carbocycles. The molecule has 1 aromatic rings. The van der Waals surface area contributed by atoms with Gasteiger partial charge in [0.1, 0.15) is 5.75 Å². The molecule has 2 N–H and O–H groups in total. The van der Waals surface area contributed by atoms with E-state index in [1.165, 1.54) is 12.8 Å². The van der Waals surface area contributed by atoms with E-state index in [0.717, 1.165) is 37.2 Å². The molecule has 6 nitrogen and oxygen atoms in total. The number of piperidine rings is 1. The van der Waals surface area contributed by atoms with Crippen LogP contribution in [0.2, 0.25) is 0 Å². The quantitative estimate of drug-likeness (QED) is 0.846. The van der Waals surface area contributed by atoms with Crippen LogP contribution in [-0.2, 0) is 0 Å². The summed E-state index contributed by atoms with van der Waals surface area (Å²) >= 11 is 0. The number of ether oxygens (including phenoxy) is 1. The number of carbonyl (C=O) groups is 1. The maximum absolute atomic E-state index is 12.6. The lowest BCUT2D eigenvalue weighted by molar-refractivity contribution is 0.0278. The van der Waals surface area contributed by atoms with E-state index in [9.17, 15) is 9.90 Å². The molecule has 2 atom stereocenters. The Bertz CT molecular complexity index is 602. The van der Waals surface area contributed by atoms with Crippen molar-refractivity contribution in [2.24, 2.45) is 5.92 Å². The highest BCUT2D eigenvalue weighted by Gasteiger charge is 2.30. The third-order valence-corrected chi connectivity index (χ3v) is 5.30. The van der Waals surface area contributed by atoms with E-state index in [-0.39, 0.29) is 11.9 Å². The Hall–Kier alpha value is -1.79. The van der Waals surface area contributed by atoms with Crippen molar-refractivity contribution in [1.29, 1.82) is 0 Å². The summed E-state index contributed by atoms with van der Waals surface area (Å²) in [5.41, 5.74) is 0.732. The Kier molecular flexibility index (Phi) is 6.38. The van der Waals surface area contributed by atoms with Crippen molar-refractivity contribution in [1.82, 2.24) is 9.80 Å². The van der Waals surface area contributed by atoms with E-state index in [1.807, 2.05) is 38.4 Å². The first-order valence-electron chi connectivity index (χ1n) is 9.66. The zero-order chi connectivity index (χ0) is 18.5. The third-order valence-electron chi connectivity index (χ3n) is 5.30. The topological polar surface area (TPSA) is 65.0 Å². The van der Waals surface area contributed by atoms with Gasteiger partial charge in [-0.3, -0.25) is 0 Å². The van der Waals surface area contributed by atoms with Crippen molar-refractivity contribution in [2.75, 3.05) is 39.0 Å². The number of hydrogen-bond donors (Lipinski definition) is 2. The van der Waals surface area contributed by atoms with Crippen molar-refractivity contribution in [3.8, 4) is 5.75 Å². The minimum atomic E-state index is -0.478. The number of nitrogens with one attached hydrogen (secondary N) is 1. The monoisotopic (exact) mass is 361 g/mol. The first kappa shape index (κ1) is 19.0. The van der Waals surface area contributed by atoms with Crippen molar-refractivity contribution in [2.45, 2.75) is 44.3 Å². The fraction of sp³-hybridized carbons (Fsp3) is 0.650. The summed E-state index contributed by atoms with van der Waals surface area (Å²) < 4.78 is 6.00. The van der Waals surface area contributed by atoms with Crippen LogP contribution in [0.5, 0.6) is 5.75 Å². The number of amides is 2. The molecule has 26 heavy (non-hydrogen) atoms. The Morgan fingerprint density at radius 2 is 2.08 bits per heavy atom. The van der Waals surface area contributed by atoms with Gasteiger partial charge in [0, 0.05) is 37.3 Å². The molecule has 2 aliphatic rings. The summed E-state index contributed by atoms with van der Waals surface area (Å²) in [6, 6.07) is 7.42. The number of carbonyl (C=O) groups excluding carboxylic acids is 1. The van der Waals surface area contributed by atoms with Crippen LogP contribution in [0.3, 0.4) is 0 Å². The molecule has 1 saturated carbocycles. The second-order valence-corrected chi connectivity index (χ2v) is 7.81. The Morgan fingerprint density at radius 1 is 1.31 bits per heavy atom. The number of anilines is 1. The van der Waals surface area contributed by atoms with Gasteiger partial charge in [0.25, 0.3) is 0 Å². The van der Waals surface area contributed by atoms with Crippen LogP contribution >= 0.6 is 0 Å². The summed E-state index contributed by atoms with van der Waals surface area (Å²) in [4.78, 5) is 16.3. The highest BCUT2D eigenvalue weighted by atomic mass is 16.5. The number of likely N-dealkylation sites (tertiary alicyclic amines) is 1. The number of hydrogen-bond acceptors (Lipinski definition) is 4. The molecule has 0 aromatic heterocycles. The number of aliphatic hydroxyl groups excluding tert-OH is 1. The molecular formula is C20H31N3O3. The van der Waals surface area contributed by atoms with Gasteiger partial charge >= 0.3 is 6.03 Å². The summed E-state index contributed by atoms with van der Waals surface area (Å²) in [7, 11) is 4.01. The molecule has 0 bridgehead atoms. The van der Waals surface area contributed by atoms with Crippen LogP contribution in [0.4, 0.5) is 10.5 Å². The van der Waals surface area contributed by atoms with E-state index in [4.69, 9.17) is 4.74 Å². The molecule has 2 amide bonds. The largest absolute Gasteiger partial charge is 0.490 e. The molecule has 3 rings (SSSR count). The molecule has 1 aromatic carbocycles. The SMILES string of the molecule is CN(C)C[C@@H]1CCN(C(=O)Nc2cccc(OC3CCCC3)c2)C[C@H]1O. The molecule has 0 spiro atoms. The molecule has 0 unspecified atom stereocenters. The second-order valence-electron chi connectivity index (χ2n) is 7.81. The van der Waals surface area contributed by atoms with Gasteiger partial charge in [-0.1, -0.05) is 6.07 Å². The Balaban J connectivity index is 1.53. The van der Waals surface area contributed by atoms with E-state index < -0.39 is 6.10 Å². The summed E-state index contributed by atoms with van der Waals surface area (Å²) in [6.45, 7) is 1.89. The lowest BCUT2D eigenvalue weighted by atomic mass is 9.93. The van der Waals surface area contributed by atoms with E-state index >= 15 is 0 Å². The highest BCUT2D eigenvalue weighted by molar-refractivity contribution is 5.89. The molecule has 2 fully saturated rings. The fourth-order valence-corrected chi connectivity index (χ4v) is 3.89. The maximum Gasteiger partial charge on any atom is 0.321 e. The van der Waals surface area contributed by atoms with Gasteiger partial charge in [-0.15, -0.1) is 0 Å². The zero-order valence-corrected chi connectivity index (χ0v) is 15.9. The van der Waals surface area contributed by atoms with Crippen molar-refractivity contribution in [3.63, 3.8) is 0 Å². The third kappa shape index (κ3) is 5.11. The van der Waals surface area contributed by atoms with Gasteiger partial charge in [0.2, 0.25) is 0 Å². The van der Waals surface area contributed by atoms with Gasteiger partial charge in [0.15, 0.2) is 0 Å². The first-order valence-corrected chi connectivity index (χ1v) is 9.66. The number of nitrogens with zero attached hydrogens (tertiary/aromatic N) is 2. The summed E-state index contributed by atoms with van der Waals surface area (Å²) in [5.74, 6) is 1.02. The lowest BCUT2D eigenvalue weighted by Gasteiger charge is -2.37. The molecule has 6 heteroatoms. The van der Waals surface area contributed by atoms with E-state index in [2.05, 4.69) is 10.2 Å². The van der Waals surface area contributed by atoms with Crippen LogP contribution in [0.1, 0.15) is 32.1 Å². The smallest absolute Gasteiger partial charge is 0.321 e. The number of urea groups is 1. The molecular weight excluding hydrogens is 330 g/mol. The predicted octanol–water partition coefficient (Wildman–Crippen LogP) is 2.78. The summed E-state index contributed by atoms with van der Waals surface area (Å²) in [5, 5.41) is 13.3. The minimum absolute atomic E-state index is 0.162. The molecule has 0 radical (unpaired) electrons. The zero-order valence-electron chi connectivity index (χ0n) is 15.9. The van der Waals surface area contributed by atoms with Crippen molar-refractivity contribution in [3.05, 3.63) is 24.3 Å². The number of aliphatic hydroxyl groups is 1. The summed E-state index contributed by atoms with van der Waals surface area (Å²) in [6.07, 6.45) is 5.31. The van der Waals surface area contributed by atoms with Crippen molar-refractivity contribution >= 4 is 11.7 Å². The second kappa shape index (κ2) is 8.73. The first-order chi connectivity index (χ1) is 12.5. The average molecular weight is 361 g/mol. The van der Waals surface area contributed by atoms with Crippen LogP contribution in [0.15, 0.2) is 24.3 Å². The molecule has 1 aliphatic heterocycles. The standard InChI is InChI=1S/C20H31N3O3/c1-22(2)13-15-10-11-23(14-19(15)24)20(25)21-16-6-5-9-18(12-16)26-17-7-3-4-8-17/h5-6,9,12,15,17,19,24H,3-4,7-8,10-11,13-14H2,1-2H3,(H,21,25)/t15-,19+/m0/s1. The fourth-order valence-electron chi connectivity index (χ4n) is 3.89.